The van der Waals surface area contributed by atoms with Gasteiger partial charge in [-0.2, -0.15) is 5.10 Å². The molecule has 2 aromatic rings. The second-order valence-corrected chi connectivity index (χ2v) is 9.05. The predicted octanol–water partition coefficient (Wildman–Crippen LogP) is 3.62. The standard InChI is InChI=1S/C21H24N4O/c1-20(2)9-13-8-14-18(19(25-24-14)12-4-5-12)21(3,17(13)15(26)10-20)16-11-22-6-7-23-16/h6-7,11-12H,4-5,8-10H2,1-3H3,(H,24,25). The van der Waals surface area contributed by atoms with Crippen LogP contribution < -0.4 is 0 Å². The zero-order valence-electron chi connectivity index (χ0n) is 15.6. The molecule has 1 fully saturated rings. The SMILES string of the molecule is CC1(C)CC(=O)C2=C(Cc3[nH]nc(C4CC4)c3C2(C)c2cnccn2)C1. The van der Waals surface area contributed by atoms with Crippen LogP contribution in [-0.2, 0) is 16.6 Å². The number of hydrogen-bond acceptors (Lipinski definition) is 4. The number of rotatable bonds is 2. The van der Waals surface area contributed by atoms with E-state index in [0.29, 0.717) is 12.3 Å². The number of hydrogen-bond donors (Lipinski definition) is 1. The van der Waals surface area contributed by atoms with Crippen molar-refractivity contribution < 1.29 is 4.79 Å². The molecule has 0 aromatic carbocycles. The van der Waals surface area contributed by atoms with Crippen molar-refractivity contribution in [3.63, 3.8) is 0 Å². The number of fused-ring (bicyclic) bond motifs is 1. The molecule has 3 aliphatic rings. The monoisotopic (exact) mass is 348 g/mol. The number of Topliss-reactive ketones (excluding diaryl/α,β-unsaturated/α-hetero) is 1. The Morgan fingerprint density at radius 1 is 1.15 bits per heavy atom. The molecule has 0 amide bonds. The Bertz CT molecular complexity index is 936. The Balaban J connectivity index is 1.79. The molecule has 1 unspecified atom stereocenters. The van der Waals surface area contributed by atoms with Crippen LogP contribution in [0, 0.1) is 5.41 Å². The number of aromatic nitrogens is 4. The summed E-state index contributed by atoms with van der Waals surface area (Å²) >= 11 is 0. The first-order valence-corrected chi connectivity index (χ1v) is 9.50. The van der Waals surface area contributed by atoms with Crippen LogP contribution in [0.1, 0.15) is 75.0 Å². The maximum Gasteiger partial charge on any atom is 0.160 e. The fourth-order valence-corrected chi connectivity index (χ4v) is 5.12. The molecule has 3 aliphatic carbocycles. The maximum absolute atomic E-state index is 13.3. The highest BCUT2D eigenvalue weighted by Gasteiger charge is 2.51. The molecule has 2 aromatic heterocycles. The van der Waals surface area contributed by atoms with Crippen LogP contribution in [0.2, 0.25) is 0 Å². The molecule has 2 heterocycles. The largest absolute Gasteiger partial charge is 0.294 e. The van der Waals surface area contributed by atoms with E-state index in [4.69, 9.17) is 0 Å². The summed E-state index contributed by atoms with van der Waals surface area (Å²) in [5.74, 6) is 0.779. The Morgan fingerprint density at radius 2 is 1.96 bits per heavy atom. The van der Waals surface area contributed by atoms with Crippen molar-refractivity contribution in [2.45, 2.75) is 64.2 Å². The van der Waals surface area contributed by atoms with Gasteiger partial charge in [-0.3, -0.25) is 19.9 Å². The molecule has 1 N–H and O–H groups in total. The van der Waals surface area contributed by atoms with Crippen molar-refractivity contribution in [1.82, 2.24) is 20.2 Å². The van der Waals surface area contributed by atoms with Crippen molar-refractivity contribution in [3.05, 3.63) is 52.4 Å². The molecule has 0 spiro atoms. The van der Waals surface area contributed by atoms with Crippen molar-refractivity contribution in [2.75, 3.05) is 0 Å². The van der Waals surface area contributed by atoms with Crippen LogP contribution in [0.25, 0.3) is 0 Å². The van der Waals surface area contributed by atoms with Gasteiger partial charge in [-0.15, -0.1) is 0 Å². The van der Waals surface area contributed by atoms with Crippen LogP contribution in [0.3, 0.4) is 0 Å². The third kappa shape index (κ3) is 2.15. The van der Waals surface area contributed by atoms with Gasteiger partial charge in [-0.1, -0.05) is 19.4 Å². The molecule has 1 saturated carbocycles. The fraction of sp³-hybridized carbons (Fsp3) is 0.524. The summed E-state index contributed by atoms with van der Waals surface area (Å²) in [6.07, 6.45) is 9.93. The molecule has 0 radical (unpaired) electrons. The fourth-order valence-electron chi connectivity index (χ4n) is 5.12. The van der Waals surface area contributed by atoms with E-state index in [2.05, 4.69) is 40.9 Å². The summed E-state index contributed by atoms with van der Waals surface area (Å²) in [6, 6.07) is 0. The molecule has 5 rings (SSSR count). The highest BCUT2D eigenvalue weighted by molar-refractivity contribution is 6.01. The molecule has 134 valence electrons. The van der Waals surface area contributed by atoms with Crippen molar-refractivity contribution in [3.8, 4) is 0 Å². The van der Waals surface area contributed by atoms with Gasteiger partial charge < -0.3 is 0 Å². The van der Waals surface area contributed by atoms with Gasteiger partial charge in [0.25, 0.3) is 0 Å². The second kappa shape index (κ2) is 5.12. The molecular weight excluding hydrogens is 324 g/mol. The van der Waals surface area contributed by atoms with Crippen molar-refractivity contribution in [2.24, 2.45) is 5.41 Å². The Labute approximate surface area is 153 Å². The number of nitrogens with one attached hydrogen (secondary N) is 1. The summed E-state index contributed by atoms with van der Waals surface area (Å²) in [6.45, 7) is 6.53. The van der Waals surface area contributed by atoms with Gasteiger partial charge in [0.15, 0.2) is 5.78 Å². The summed E-state index contributed by atoms with van der Waals surface area (Å²) in [7, 11) is 0. The molecule has 0 bridgehead atoms. The van der Waals surface area contributed by atoms with Crippen molar-refractivity contribution >= 4 is 5.78 Å². The van der Waals surface area contributed by atoms with Gasteiger partial charge in [0.05, 0.1) is 16.8 Å². The van der Waals surface area contributed by atoms with E-state index in [0.717, 1.165) is 35.5 Å². The lowest BCUT2D eigenvalue weighted by Gasteiger charge is -2.43. The Morgan fingerprint density at radius 3 is 2.65 bits per heavy atom. The van der Waals surface area contributed by atoms with Crippen LogP contribution in [0.15, 0.2) is 29.7 Å². The normalized spacial score (nSPS) is 27.3. The average Bonchev–Trinajstić information content (AvgIpc) is 3.34. The Hall–Kier alpha value is -2.30. The van der Waals surface area contributed by atoms with Gasteiger partial charge >= 0.3 is 0 Å². The zero-order chi connectivity index (χ0) is 18.1. The summed E-state index contributed by atoms with van der Waals surface area (Å²) in [5.41, 5.74) is 5.98. The number of allylic oxidation sites excluding steroid dienone is 2. The van der Waals surface area contributed by atoms with Gasteiger partial charge in [-0.25, -0.2) is 0 Å². The van der Waals surface area contributed by atoms with Gasteiger partial charge in [-0.05, 0) is 31.6 Å². The van der Waals surface area contributed by atoms with Crippen LogP contribution in [-0.4, -0.2) is 25.9 Å². The number of H-pyrrole nitrogens is 1. The Kier molecular flexibility index (Phi) is 3.13. The summed E-state index contributed by atoms with van der Waals surface area (Å²) < 4.78 is 0. The van der Waals surface area contributed by atoms with E-state index in [1.54, 1.807) is 12.4 Å². The van der Waals surface area contributed by atoms with Crippen LogP contribution in [0.4, 0.5) is 0 Å². The van der Waals surface area contributed by atoms with Crippen LogP contribution >= 0.6 is 0 Å². The third-order valence-corrected chi connectivity index (χ3v) is 6.26. The van der Waals surface area contributed by atoms with Gasteiger partial charge in [0.2, 0.25) is 0 Å². The molecule has 5 nitrogen and oxygen atoms in total. The molecule has 0 aliphatic heterocycles. The molecule has 1 atom stereocenters. The van der Waals surface area contributed by atoms with E-state index in [1.807, 2.05) is 6.20 Å². The van der Waals surface area contributed by atoms with Crippen molar-refractivity contribution in [1.29, 1.82) is 0 Å². The lowest BCUT2D eigenvalue weighted by atomic mass is 9.59. The molecular formula is C21H24N4O. The molecule has 0 saturated heterocycles. The average molecular weight is 348 g/mol. The lowest BCUT2D eigenvalue weighted by Crippen LogP contribution is -2.41. The first kappa shape index (κ1) is 15.9. The van der Waals surface area contributed by atoms with Crippen LogP contribution in [0.5, 0.6) is 0 Å². The lowest BCUT2D eigenvalue weighted by molar-refractivity contribution is -0.118. The quantitative estimate of drug-likeness (QED) is 0.900. The smallest absolute Gasteiger partial charge is 0.160 e. The third-order valence-electron chi connectivity index (χ3n) is 6.26. The minimum atomic E-state index is -0.560. The molecule has 26 heavy (non-hydrogen) atoms. The van der Waals surface area contributed by atoms with E-state index in [1.165, 1.54) is 24.0 Å². The summed E-state index contributed by atoms with van der Waals surface area (Å²) in [4.78, 5) is 22.3. The number of aromatic amines is 1. The number of carbonyl (C=O) groups is 1. The minimum Gasteiger partial charge on any atom is -0.294 e. The topological polar surface area (TPSA) is 71.5 Å². The van der Waals surface area contributed by atoms with E-state index >= 15 is 0 Å². The van der Waals surface area contributed by atoms with E-state index in [9.17, 15) is 4.79 Å². The molecule has 5 heteroatoms. The second-order valence-electron chi connectivity index (χ2n) is 9.05. The predicted molar refractivity (Wildman–Crippen MR) is 97.8 cm³/mol. The maximum atomic E-state index is 13.3. The van der Waals surface area contributed by atoms with Gasteiger partial charge in [0.1, 0.15) is 0 Å². The highest BCUT2D eigenvalue weighted by atomic mass is 16.1. The first-order chi connectivity index (χ1) is 12.4. The minimum absolute atomic E-state index is 0.00996. The number of nitrogens with zero attached hydrogens (tertiary/aromatic N) is 3. The van der Waals surface area contributed by atoms with E-state index in [-0.39, 0.29) is 11.2 Å². The number of carbonyl (C=O) groups excluding carboxylic acids is 1. The zero-order valence-corrected chi connectivity index (χ0v) is 15.6. The summed E-state index contributed by atoms with van der Waals surface area (Å²) in [5, 5.41) is 7.99. The highest BCUT2D eigenvalue weighted by Crippen LogP contribution is 2.54. The first-order valence-electron chi connectivity index (χ1n) is 9.50. The van der Waals surface area contributed by atoms with Gasteiger partial charge in [0, 0.05) is 54.2 Å². The van der Waals surface area contributed by atoms with E-state index < -0.39 is 5.41 Å². The number of ketones is 1.